The van der Waals surface area contributed by atoms with E-state index in [1.807, 2.05) is 61.7 Å². The molecule has 51 heavy (non-hydrogen) atoms. The van der Waals surface area contributed by atoms with E-state index < -0.39 is 33.1 Å². The number of carbonyl (C=O) groups is 3. The molecule has 0 aliphatic carbocycles. The van der Waals surface area contributed by atoms with Crippen molar-refractivity contribution in [2.75, 3.05) is 21.6 Å². The maximum absolute atomic E-state index is 13.8. The molecular weight excluding hydrogens is 683 g/mol. The van der Waals surface area contributed by atoms with Gasteiger partial charge in [0.15, 0.2) is 0 Å². The van der Waals surface area contributed by atoms with Crippen molar-refractivity contribution < 1.29 is 27.9 Å². The number of anilines is 2. The van der Waals surface area contributed by atoms with Crippen molar-refractivity contribution in [3.8, 4) is 11.1 Å². The molecule has 11 heteroatoms. The number of nitrogens with zero attached hydrogens (tertiary/aromatic N) is 1. The molecule has 3 N–H and O–H groups in total. The van der Waals surface area contributed by atoms with Crippen LogP contribution in [0.1, 0.15) is 43.8 Å². The van der Waals surface area contributed by atoms with Crippen molar-refractivity contribution in [3.63, 3.8) is 0 Å². The van der Waals surface area contributed by atoms with E-state index >= 15 is 0 Å². The largest absolute Gasteiger partial charge is 0.480 e. The van der Waals surface area contributed by atoms with E-state index in [9.17, 15) is 27.9 Å². The number of nitrogens with one attached hydrogen (secondary N) is 2. The SMILES string of the molecule is CSCC[C@H](NC(=O)c1cccc(CNc2ccc(N(Cc3ccccc3)S(=O)(=O)C(=O)c3ccccc3)cc2)c1-c1ccccc1C)C(=O)O. The second-order valence-corrected chi connectivity index (χ2v) is 14.6. The Morgan fingerprint density at radius 1 is 0.804 bits per heavy atom. The fraction of sp³-hybridized carbons (Fsp3) is 0.175. The standard InChI is InChI=1S/C40H39N3O6S2/c1-28-12-9-10-18-34(28)37-31(17-11-19-35(37)38(44)42-36(39(45)46)24-25-50-2)26-41-32-20-22-33(23-21-32)43(27-29-13-5-3-6-14-29)51(48,49)40(47)30-15-7-4-8-16-30/h3-23,36,41H,24-27H2,1-2H3,(H,42,44)(H,45,46)/t36-/m0/s1. The monoisotopic (exact) mass is 721 g/mol. The number of amides is 1. The summed E-state index contributed by atoms with van der Waals surface area (Å²) >= 11 is 1.51. The van der Waals surface area contributed by atoms with Gasteiger partial charge in [0, 0.05) is 23.4 Å². The zero-order chi connectivity index (χ0) is 36.4. The molecule has 0 saturated carbocycles. The third kappa shape index (κ3) is 9.05. The smallest absolute Gasteiger partial charge is 0.326 e. The molecule has 0 aliphatic rings. The maximum atomic E-state index is 13.8. The van der Waals surface area contributed by atoms with E-state index in [-0.39, 0.29) is 12.1 Å². The van der Waals surface area contributed by atoms with Crippen LogP contribution in [0.25, 0.3) is 11.1 Å². The molecule has 262 valence electrons. The number of carboxylic acid groups (broad SMARTS) is 1. The third-order valence-electron chi connectivity index (χ3n) is 8.37. The van der Waals surface area contributed by atoms with Gasteiger partial charge in [-0.2, -0.15) is 20.2 Å². The van der Waals surface area contributed by atoms with Gasteiger partial charge in [0.25, 0.3) is 11.0 Å². The molecule has 0 aliphatic heterocycles. The number of sulfonamides is 1. The van der Waals surface area contributed by atoms with E-state index in [1.165, 1.54) is 23.9 Å². The van der Waals surface area contributed by atoms with Crippen molar-refractivity contribution >= 4 is 50.2 Å². The van der Waals surface area contributed by atoms with Crippen LogP contribution in [-0.2, 0) is 27.9 Å². The number of rotatable bonds is 15. The molecule has 5 aromatic rings. The molecular formula is C40H39N3O6S2. The van der Waals surface area contributed by atoms with E-state index in [1.54, 1.807) is 66.7 Å². The van der Waals surface area contributed by atoms with Crippen molar-refractivity contribution in [1.29, 1.82) is 0 Å². The van der Waals surface area contributed by atoms with Gasteiger partial charge in [0.1, 0.15) is 6.04 Å². The fourth-order valence-electron chi connectivity index (χ4n) is 5.67. The number of carbonyl (C=O) groups excluding carboxylic acids is 2. The summed E-state index contributed by atoms with van der Waals surface area (Å²) in [7, 11) is -4.45. The highest BCUT2D eigenvalue weighted by Crippen LogP contribution is 2.32. The molecule has 0 heterocycles. The van der Waals surface area contributed by atoms with Crippen molar-refractivity contribution in [2.45, 2.75) is 32.5 Å². The highest BCUT2D eigenvalue weighted by atomic mass is 32.2. The number of hydrogen-bond donors (Lipinski definition) is 3. The zero-order valence-corrected chi connectivity index (χ0v) is 29.9. The lowest BCUT2D eigenvalue weighted by atomic mass is 9.91. The Balaban J connectivity index is 1.43. The summed E-state index contributed by atoms with van der Waals surface area (Å²) in [5.41, 5.74) is 5.44. The van der Waals surface area contributed by atoms with Crippen LogP contribution in [0.4, 0.5) is 11.4 Å². The molecule has 0 fully saturated rings. The first-order valence-electron chi connectivity index (χ1n) is 16.3. The first-order valence-corrected chi connectivity index (χ1v) is 19.1. The summed E-state index contributed by atoms with van der Waals surface area (Å²) in [4.78, 5) is 38.8. The molecule has 1 amide bonds. The van der Waals surface area contributed by atoms with E-state index in [2.05, 4.69) is 10.6 Å². The van der Waals surface area contributed by atoms with Crippen LogP contribution in [0.2, 0.25) is 0 Å². The van der Waals surface area contributed by atoms with E-state index in [0.717, 1.165) is 26.6 Å². The molecule has 0 aromatic heterocycles. The Labute approximate surface area is 302 Å². The highest BCUT2D eigenvalue weighted by molar-refractivity contribution is 8.07. The minimum Gasteiger partial charge on any atom is -0.480 e. The Kier molecular flexibility index (Phi) is 12.3. The predicted octanol–water partition coefficient (Wildman–Crippen LogP) is 7.39. The Morgan fingerprint density at radius 2 is 1.45 bits per heavy atom. The van der Waals surface area contributed by atoms with Gasteiger partial charge in [0.2, 0.25) is 0 Å². The molecule has 5 rings (SSSR count). The molecule has 0 saturated heterocycles. The number of benzene rings is 5. The van der Waals surface area contributed by atoms with Crippen LogP contribution in [0.3, 0.4) is 0 Å². The second kappa shape index (κ2) is 17.0. The fourth-order valence-corrected chi connectivity index (χ4v) is 7.49. The minimum atomic E-state index is -4.45. The Morgan fingerprint density at radius 3 is 2.10 bits per heavy atom. The van der Waals surface area contributed by atoms with Gasteiger partial charge in [-0.25, -0.2) is 4.79 Å². The molecule has 5 aromatic carbocycles. The third-order valence-corrected chi connectivity index (χ3v) is 10.6. The van der Waals surface area contributed by atoms with Gasteiger partial charge in [-0.3, -0.25) is 13.9 Å². The number of hydrogen-bond acceptors (Lipinski definition) is 7. The maximum Gasteiger partial charge on any atom is 0.326 e. The number of carboxylic acids is 1. The van der Waals surface area contributed by atoms with Crippen LogP contribution in [0.15, 0.2) is 127 Å². The van der Waals surface area contributed by atoms with Crippen LogP contribution in [0.5, 0.6) is 0 Å². The van der Waals surface area contributed by atoms with Crippen LogP contribution in [-0.4, -0.2) is 48.6 Å². The topological polar surface area (TPSA) is 133 Å². The van der Waals surface area contributed by atoms with Crippen molar-refractivity contribution in [3.05, 3.63) is 155 Å². The predicted molar refractivity (Wildman–Crippen MR) is 205 cm³/mol. The molecule has 1 atom stereocenters. The van der Waals surface area contributed by atoms with Gasteiger partial charge in [0.05, 0.1) is 12.2 Å². The highest BCUT2D eigenvalue weighted by Gasteiger charge is 2.32. The lowest BCUT2D eigenvalue weighted by Crippen LogP contribution is -2.41. The summed E-state index contributed by atoms with van der Waals surface area (Å²) in [6, 6.07) is 35.8. The van der Waals surface area contributed by atoms with Crippen molar-refractivity contribution in [1.82, 2.24) is 5.32 Å². The Hall–Kier alpha value is -5.39. The van der Waals surface area contributed by atoms with Crippen LogP contribution < -0.4 is 14.9 Å². The number of aryl methyl sites for hydroxylation is 1. The van der Waals surface area contributed by atoms with Gasteiger partial charge in [-0.1, -0.05) is 97.1 Å². The number of aliphatic carboxylic acids is 1. The molecule has 0 unspecified atom stereocenters. The summed E-state index contributed by atoms with van der Waals surface area (Å²) in [6.45, 7) is 2.22. The number of thioether (sulfide) groups is 1. The first-order chi connectivity index (χ1) is 24.6. The van der Waals surface area contributed by atoms with E-state index in [0.29, 0.717) is 41.2 Å². The summed E-state index contributed by atoms with van der Waals surface area (Å²) in [5, 5.41) is 14.9. The van der Waals surface area contributed by atoms with Gasteiger partial charge < -0.3 is 15.7 Å². The quantitative estimate of drug-likeness (QED) is 0.102. The van der Waals surface area contributed by atoms with Gasteiger partial charge >= 0.3 is 16.0 Å². The molecule has 0 radical (unpaired) electrons. The minimum absolute atomic E-state index is 0.0385. The molecule has 0 bridgehead atoms. The lowest BCUT2D eigenvalue weighted by Gasteiger charge is -2.24. The normalized spacial score (nSPS) is 11.7. The van der Waals surface area contributed by atoms with Crippen LogP contribution in [0, 0.1) is 6.92 Å². The second-order valence-electron chi connectivity index (χ2n) is 11.9. The van der Waals surface area contributed by atoms with E-state index in [4.69, 9.17) is 0 Å². The first kappa shape index (κ1) is 36.9. The summed E-state index contributed by atoms with van der Waals surface area (Å²) in [6.07, 6.45) is 2.18. The lowest BCUT2D eigenvalue weighted by molar-refractivity contribution is -0.139. The van der Waals surface area contributed by atoms with Crippen LogP contribution >= 0.6 is 11.8 Å². The summed E-state index contributed by atoms with van der Waals surface area (Å²) < 4.78 is 28.7. The average Bonchev–Trinajstić information content (AvgIpc) is 3.15. The van der Waals surface area contributed by atoms with Crippen molar-refractivity contribution in [2.24, 2.45) is 0 Å². The van der Waals surface area contributed by atoms with Gasteiger partial charge in [-0.15, -0.1) is 0 Å². The molecule has 0 spiro atoms. The zero-order valence-electron chi connectivity index (χ0n) is 28.3. The van der Waals surface area contributed by atoms with Gasteiger partial charge in [-0.05, 0) is 83.5 Å². The Bertz CT molecular complexity index is 2090. The molecule has 9 nitrogen and oxygen atoms in total. The summed E-state index contributed by atoms with van der Waals surface area (Å²) in [5.74, 6) is -0.974. The average molecular weight is 722 g/mol.